The quantitative estimate of drug-likeness (QED) is 0.727. The second-order valence-corrected chi connectivity index (χ2v) is 6.91. The summed E-state index contributed by atoms with van der Waals surface area (Å²) in [6.07, 6.45) is 2.42. The Balaban J connectivity index is 0.000000551. The molecule has 0 bridgehead atoms. The maximum absolute atomic E-state index is 6.08. The lowest BCUT2D eigenvalue weighted by Gasteiger charge is -2.23. The lowest BCUT2D eigenvalue weighted by atomic mass is 10.1. The summed E-state index contributed by atoms with van der Waals surface area (Å²) in [6.45, 7) is 12.1. The van der Waals surface area contributed by atoms with Gasteiger partial charge in [-0.1, -0.05) is 43.7 Å². The molecule has 2 N–H and O–H groups in total. The van der Waals surface area contributed by atoms with E-state index in [0.29, 0.717) is 19.3 Å². The van der Waals surface area contributed by atoms with Crippen molar-refractivity contribution in [1.29, 1.82) is 5.41 Å². The highest BCUT2D eigenvalue weighted by atomic mass is 16.6. The molecule has 2 aromatic carbocycles. The van der Waals surface area contributed by atoms with Gasteiger partial charge in [-0.15, -0.1) is 0 Å². The standard InChI is InChI=1S/C20H24N2O2.C2H5N.C2H6/c1-15-2-4-16(5-3-15)13-21-17-8-9-22(14-17)18-6-7-19-20(12-18)24-11-10-23-19;1-2-3;1-2/h2-7,12,17,21H,8-11,13-14H2,1H3;2-3H,1H3;1-2H3. The summed E-state index contributed by atoms with van der Waals surface area (Å²) in [6, 6.07) is 15.6. The van der Waals surface area contributed by atoms with E-state index in [0.717, 1.165) is 31.1 Å². The molecule has 158 valence electrons. The summed E-state index contributed by atoms with van der Waals surface area (Å²) in [4.78, 5) is 2.42. The van der Waals surface area contributed by atoms with Gasteiger partial charge in [0.2, 0.25) is 0 Å². The molecule has 2 heterocycles. The number of aryl methyl sites for hydroxylation is 1. The van der Waals surface area contributed by atoms with Crippen LogP contribution in [-0.4, -0.2) is 38.6 Å². The largest absolute Gasteiger partial charge is 0.486 e. The van der Waals surface area contributed by atoms with Gasteiger partial charge in [0.15, 0.2) is 11.5 Å². The first-order valence-electron chi connectivity index (χ1n) is 10.6. The lowest BCUT2D eigenvalue weighted by molar-refractivity contribution is 0.171. The number of hydrogen-bond donors (Lipinski definition) is 2. The summed E-state index contributed by atoms with van der Waals surface area (Å²) >= 11 is 0. The molecule has 2 aliphatic rings. The number of benzene rings is 2. The smallest absolute Gasteiger partial charge is 0.163 e. The highest BCUT2D eigenvalue weighted by Gasteiger charge is 2.23. The maximum atomic E-state index is 6.08. The van der Waals surface area contributed by atoms with Crippen molar-refractivity contribution in [1.82, 2.24) is 5.32 Å². The minimum Gasteiger partial charge on any atom is -0.486 e. The van der Waals surface area contributed by atoms with Gasteiger partial charge in [0.1, 0.15) is 13.2 Å². The van der Waals surface area contributed by atoms with Crippen molar-refractivity contribution in [3.63, 3.8) is 0 Å². The molecule has 0 radical (unpaired) electrons. The van der Waals surface area contributed by atoms with Crippen LogP contribution in [0.15, 0.2) is 42.5 Å². The first kappa shape index (κ1) is 22.8. The average Bonchev–Trinajstić information content (AvgIpc) is 3.24. The van der Waals surface area contributed by atoms with Crippen molar-refractivity contribution in [3.8, 4) is 11.5 Å². The summed E-state index contributed by atoms with van der Waals surface area (Å²) in [5.74, 6) is 1.73. The molecule has 0 aromatic heterocycles. The van der Waals surface area contributed by atoms with E-state index in [9.17, 15) is 0 Å². The SMILES string of the molecule is CC.CC=N.Cc1ccc(CNC2CCN(c3ccc4c(c3)OCCO4)C2)cc1. The fraction of sp³-hybridized carbons (Fsp3) is 0.458. The Hall–Kier alpha value is -2.53. The van der Waals surface area contributed by atoms with E-state index in [4.69, 9.17) is 14.9 Å². The van der Waals surface area contributed by atoms with Crippen LogP contribution in [0.4, 0.5) is 5.69 Å². The second kappa shape index (κ2) is 12.1. The maximum Gasteiger partial charge on any atom is 0.163 e. The number of fused-ring (bicyclic) bond motifs is 1. The Bertz CT molecular complexity index is 746. The first-order chi connectivity index (χ1) is 14.2. The third-order valence-electron chi connectivity index (χ3n) is 4.79. The number of rotatable bonds is 4. The van der Waals surface area contributed by atoms with Gasteiger partial charge in [0.25, 0.3) is 0 Å². The van der Waals surface area contributed by atoms with Gasteiger partial charge < -0.3 is 25.1 Å². The Kier molecular flexibility index (Phi) is 9.51. The Morgan fingerprint density at radius 1 is 1.07 bits per heavy atom. The zero-order valence-electron chi connectivity index (χ0n) is 18.2. The van der Waals surface area contributed by atoms with E-state index in [2.05, 4.69) is 53.5 Å². The number of nitrogens with one attached hydrogen (secondary N) is 2. The van der Waals surface area contributed by atoms with E-state index in [1.165, 1.54) is 29.4 Å². The highest BCUT2D eigenvalue weighted by molar-refractivity contribution is 5.57. The predicted octanol–water partition coefficient (Wildman–Crippen LogP) is 4.82. The van der Waals surface area contributed by atoms with Crippen molar-refractivity contribution in [2.24, 2.45) is 0 Å². The van der Waals surface area contributed by atoms with Crippen LogP contribution in [-0.2, 0) is 6.54 Å². The molecule has 1 saturated heterocycles. The van der Waals surface area contributed by atoms with Gasteiger partial charge in [-0.2, -0.15) is 0 Å². The molecule has 1 fully saturated rings. The fourth-order valence-electron chi connectivity index (χ4n) is 3.36. The number of ether oxygens (including phenoxy) is 2. The van der Waals surface area contributed by atoms with Crippen LogP contribution in [0.2, 0.25) is 0 Å². The number of anilines is 1. The van der Waals surface area contributed by atoms with E-state index in [1.807, 2.05) is 19.9 Å². The zero-order valence-corrected chi connectivity index (χ0v) is 18.2. The monoisotopic (exact) mass is 397 g/mol. The molecule has 0 saturated carbocycles. The zero-order chi connectivity index (χ0) is 21.1. The Labute approximate surface area is 175 Å². The molecule has 2 aliphatic heterocycles. The molecule has 5 nitrogen and oxygen atoms in total. The molecule has 1 atom stereocenters. The Morgan fingerprint density at radius 3 is 2.41 bits per heavy atom. The molecule has 2 aromatic rings. The third-order valence-corrected chi connectivity index (χ3v) is 4.79. The van der Waals surface area contributed by atoms with Crippen LogP contribution in [0.1, 0.15) is 38.3 Å². The van der Waals surface area contributed by atoms with Gasteiger partial charge in [0, 0.05) is 37.4 Å². The summed E-state index contributed by atoms with van der Waals surface area (Å²) in [5.41, 5.74) is 3.88. The van der Waals surface area contributed by atoms with Crippen LogP contribution in [0, 0.1) is 12.3 Å². The van der Waals surface area contributed by atoms with Gasteiger partial charge in [-0.05, 0) is 44.2 Å². The van der Waals surface area contributed by atoms with Crippen molar-refractivity contribution in [2.75, 3.05) is 31.2 Å². The van der Waals surface area contributed by atoms with Crippen molar-refractivity contribution in [3.05, 3.63) is 53.6 Å². The topological polar surface area (TPSA) is 57.6 Å². The second-order valence-electron chi connectivity index (χ2n) is 6.91. The average molecular weight is 398 g/mol. The van der Waals surface area contributed by atoms with Crippen molar-refractivity contribution in [2.45, 2.75) is 46.7 Å². The predicted molar refractivity (Wildman–Crippen MR) is 122 cm³/mol. The van der Waals surface area contributed by atoms with Crippen LogP contribution in [0.25, 0.3) is 0 Å². The summed E-state index contributed by atoms with van der Waals surface area (Å²) < 4.78 is 11.3. The summed E-state index contributed by atoms with van der Waals surface area (Å²) in [5, 5.41) is 9.77. The molecule has 1 unspecified atom stereocenters. The Morgan fingerprint density at radius 2 is 1.72 bits per heavy atom. The summed E-state index contributed by atoms with van der Waals surface area (Å²) in [7, 11) is 0. The van der Waals surface area contributed by atoms with Gasteiger partial charge in [-0.3, -0.25) is 0 Å². The minimum atomic E-state index is 0.527. The number of nitrogens with zero attached hydrogens (tertiary/aromatic N) is 1. The molecule has 4 rings (SSSR count). The fourth-order valence-corrected chi connectivity index (χ4v) is 3.36. The molecule has 0 spiro atoms. The van der Waals surface area contributed by atoms with Gasteiger partial charge in [-0.25, -0.2) is 0 Å². The molecular weight excluding hydrogens is 362 g/mol. The molecular formula is C24H35N3O2. The minimum absolute atomic E-state index is 0.527. The molecule has 0 aliphatic carbocycles. The van der Waals surface area contributed by atoms with Crippen molar-refractivity contribution < 1.29 is 9.47 Å². The van der Waals surface area contributed by atoms with E-state index < -0.39 is 0 Å². The van der Waals surface area contributed by atoms with Crippen LogP contribution >= 0.6 is 0 Å². The van der Waals surface area contributed by atoms with E-state index in [-0.39, 0.29) is 0 Å². The van der Waals surface area contributed by atoms with Crippen LogP contribution in [0.3, 0.4) is 0 Å². The van der Waals surface area contributed by atoms with Crippen LogP contribution < -0.4 is 19.7 Å². The van der Waals surface area contributed by atoms with E-state index in [1.54, 1.807) is 6.92 Å². The van der Waals surface area contributed by atoms with E-state index >= 15 is 0 Å². The number of hydrogen-bond acceptors (Lipinski definition) is 5. The molecule has 0 amide bonds. The first-order valence-corrected chi connectivity index (χ1v) is 10.6. The van der Waals surface area contributed by atoms with Gasteiger partial charge >= 0.3 is 0 Å². The normalized spacial score (nSPS) is 16.8. The third kappa shape index (κ3) is 6.79. The lowest BCUT2D eigenvalue weighted by Crippen LogP contribution is -2.32. The molecule has 29 heavy (non-hydrogen) atoms. The van der Waals surface area contributed by atoms with Gasteiger partial charge in [0.05, 0.1) is 0 Å². The van der Waals surface area contributed by atoms with Crippen LogP contribution in [0.5, 0.6) is 11.5 Å². The van der Waals surface area contributed by atoms with Crippen molar-refractivity contribution >= 4 is 11.9 Å². The highest BCUT2D eigenvalue weighted by Crippen LogP contribution is 2.34. The molecule has 5 heteroatoms.